The van der Waals surface area contributed by atoms with Crippen LogP contribution in [0.1, 0.15) is 31.4 Å². The number of fused-ring (bicyclic) bond motifs is 1. The van der Waals surface area contributed by atoms with Crippen molar-refractivity contribution in [2.45, 2.75) is 44.1 Å². The van der Waals surface area contributed by atoms with Gasteiger partial charge >= 0.3 is 18.1 Å². The molecule has 30 heavy (non-hydrogen) atoms. The number of nitrogens with one attached hydrogen (secondary N) is 1. The van der Waals surface area contributed by atoms with Crippen LogP contribution in [0.4, 0.5) is 17.6 Å². The lowest BCUT2D eigenvalue weighted by Crippen LogP contribution is -2.40. The molecule has 1 aliphatic carbocycles. The van der Waals surface area contributed by atoms with Gasteiger partial charge in [-0.1, -0.05) is 24.3 Å². The number of alkyl halides is 4. The highest BCUT2D eigenvalue weighted by atomic mass is 19.4. The molecule has 6 nitrogen and oxygen atoms in total. The van der Waals surface area contributed by atoms with Crippen molar-refractivity contribution in [2.75, 3.05) is 6.54 Å². The molecule has 0 saturated heterocycles. The molecule has 0 amide bonds. The highest BCUT2D eigenvalue weighted by Crippen LogP contribution is 2.34. The van der Waals surface area contributed by atoms with Crippen LogP contribution in [0.3, 0.4) is 0 Å². The summed E-state index contributed by atoms with van der Waals surface area (Å²) in [5, 5.41) is 21.4. The molecule has 0 atom stereocenters. The number of halogens is 4. The maximum Gasteiger partial charge on any atom is 0.490 e. The number of nitrogens with zero attached hydrogens (tertiary/aromatic N) is 1. The third-order valence-electron chi connectivity index (χ3n) is 4.91. The van der Waals surface area contributed by atoms with Gasteiger partial charge in [-0.3, -0.25) is 9.78 Å². The number of carboxylic acids is 2. The number of benzene rings is 1. The molecule has 1 fully saturated rings. The predicted octanol–water partition coefficient (Wildman–Crippen LogP) is 3.94. The van der Waals surface area contributed by atoms with Crippen LogP contribution in [-0.2, 0) is 16.1 Å². The number of rotatable bonds is 5. The van der Waals surface area contributed by atoms with Gasteiger partial charge in [0.2, 0.25) is 0 Å². The van der Waals surface area contributed by atoms with E-state index in [4.69, 9.17) is 15.0 Å². The van der Waals surface area contributed by atoms with E-state index in [0.29, 0.717) is 32.2 Å². The molecule has 0 bridgehead atoms. The first-order valence-electron chi connectivity index (χ1n) is 9.26. The van der Waals surface area contributed by atoms with Crippen molar-refractivity contribution in [1.82, 2.24) is 10.3 Å². The molecule has 0 radical (unpaired) electrons. The monoisotopic (exact) mass is 430 g/mol. The van der Waals surface area contributed by atoms with Crippen molar-refractivity contribution in [3.05, 3.63) is 42.2 Å². The van der Waals surface area contributed by atoms with Crippen LogP contribution in [0.25, 0.3) is 10.8 Å². The first-order chi connectivity index (χ1) is 14.0. The van der Waals surface area contributed by atoms with Crippen molar-refractivity contribution in [3.8, 4) is 0 Å². The summed E-state index contributed by atoms with van der Waals surface area (Å²) in [5.74, 6) is -3.95. The minimum absolute atomic E-state index is 0.244. The fourth-order valence-electron chi connectivity index (χ4n) is 3.20. The Bertz CT molecular complexity index is 880. The van der Waals surface area contributed by atoms with Crippen LogP contribution in [0, 0.1) is 5.92 Å². The number of carboxylic acid groups (broad SMARTS) is 2. The zero-order valence-electron chi connectivity index (χ0n) is 16.0. The lowest BCUT2D eigenvalue weighted by atomic mass is 9.80. The molecule has 1 aliphatic rings. The van der Waals surface area contributed by atoms with E-state index in [2.05, 4.69) is 10.3 Å². The van der Waals surface area contributed by atoms with Crippen LogP contribution >= 0.6 is 0 Å². The minimum Gasteiger partial charge on any atom is -0.481 e. The Kier molecular flexibility index (Phi) is 7.71. The summed E-state index contributed by atoms with van der Waals surface area (Å²) in [6, 6.07) is 10.0. The molecule has 1 aromatic heterocycles. The molecule has 1 heterocycles. The van der Waals surface area contributed by atoms with Gasteiger partial charge in [-0.2, -0.15) is 13.2 Å². The summed E-state index contributed by atoms with van der Waals surface area (Å²) >= 11 is 0. The molecule has 0 spiro atoms. The summed E-state index contributed by atoms with van der Waals surface area (Å²) in [6.45, 7) is 0.757. The summed E-state index contributed by atoms with van der Waals surface area (Å²) < 4.78 is 46.4. The Hall–Kier alpha value is -2.75. The Balaban J connectivity index is 0.000000396. The highest BCUT2D eigenvalue weighted by Gasteiger charge is 2.38. The molecule has 0 unspecified atom stereocenters. The molecule has 2 aromatic rings. The third-order valence-corrected chi connectivity index (χ3v) is 4.91. The average molecular weight is 430 g/mol. The maximum atomic E-state index is 14.7. The zero-order valence-corrected chi connectivity index (χ0v) is 16.0. The van der Waals surface area contributed by atoms with E-state index in [9.17, 15) is 22.4 Å². The Morgan fingerprint density at radius 3 is 2.23 bits per heavy atom. The maximum absolute atomic E-state index is 14.7. The Labute approximate surface area is 169 Å². The van der Waals surface area contributed by atoms with Gasteiger partial charge in [-0.25, -0.2) is 9.18 Å². The molecular weight excluding hydrogens is 408 g/mol. The largest absolute Gasteiger partial charge is 0.490 e. The lowest BCUT2D eigenvalue weighted by molar-refractivity contribution is -0.192. The van der Waals surface area contributed by atoms with Crippen LogP contribution in [-0.4, -0.2) is 45.5 Å². The van der Waals surface area contributed by atoms with E-state index in [1.54, 1.807) is 0 Å². The molecule has 10 heteroatoms. The SMILES string of the molecule is O=C(O)C(F)(F)F.O=C(O)C1CCC(F)(CNCc2cc3ccccc3cn2)CC1. The molecule has 164 valence electrons. The van der Waals surface area contributed by atoms with E-state index in [-0.39, 0.29) is 12.5 Å². The number of hydrogen-bond donors (Lipinski definition) is 3. The standard InChI is InChI=1S/C18H21FN2O2.C2HF3O2/c19-18(7-5-13(6-8-18)17(22)23)12-20-11-16-9-14-3-1-2-4-15(14)10-21-16;3-2(4,5)1(6)7/h1-4,9-10,13,20H,5-8,11-12H2,(H,22,23);(H,6,7). The van der Waals surface area contributed by atoms with Crippen LogP contribution < -0.4 is 5.32 Å². The first-order valence-corrected chi connectivity index (χ1v) is 9.26. The number of pyridine rings is 1. The lowest BCUT2D eigenvalue weighted by Gasteiger charge is -2.32. The van der Waals surface area contributed by atoms with Crippen molar-refractivity contribution in [1.29, 1.82) is 0 Å². The number of aliphatic carboxylic acids is 2. The average Bonchev–Trinajstić information content (AvgIpc) is 2.68. The smallest absolute Gasteiger partial charge is 0.481 e. The van der Waals surface area contributed by atoms with Gasteiger partial charge in [0.15, 0.2) is 0 Å². The normalized spacial score (nSPS) is 21.5. The summed E-state index contributed by atoms with van der Waals surface area (Å²) in [7, 11) is 0. The fraction of sp³-hybridized carbons (Fsp3) is 0.450. The first kappa shape index (κ1) is 23.5. The number of aromatic nitrogens is 1. The quantitative estimate of drug-likeness (QED) is 0.622. The summed E-state index contributed by atoms with van der Waals surface area (Å²) in [4.78, 5) is 24.2. The van der Waals surface area contributed by atoms with Gasteiger partial charge < -0.3 is 15.5 Å². The summed E-state index contributed by atoms with van der Waals surface area (Å²) in [6.07, 6.45) is -1.80. The topological polar surface area (TPSA) is 99.5 Å². The van der Waals surface area contributed by atoms with E-state index in [1.807, 2.05) is 36.5 Å². The molecular formula is C20H22F4N2O4. The second-order valence-corrected chi connectivity index (χ2v) is 7.19. The highest BCUT2D eigenvalue weighted by molar-refractivity contribution is 5.81. The van der Waals surface area contributed by atoms with E-state index >= 15 is 0 Å². The number of hydrogen-bond acceptors (Lipinski definition) is 4. The van der Waals surface area contributed by atoms with E-state index in [1.165, 1.54) is 0 Å². The Morgan fingerprint density at radius 1 is 1.13 bits per heavy atom. The van der Waals surface area contributed by atoms with Crippen LogP contribution in [0.15, 0.2) is 36.5 Å². The van der Waals surface area contributed by atoms with Gasteiger partial charge in [0.1, 0.15) is 5.67 Å². The van der Waals surface area contributed by atoms with Gasteiger partial charge in [0.25, 0.3) is 0 Å². The minimum atomic E-state index is -5.08. The van der Waals surface area contributed by atoms with Crippen LogP contribution in [0.2, 0.25) is 0 Å². The zero-order chi connectivity index (χ0) is 22.4. The summed E-state index contributed by atoms with van der Waals surface area (Å²) in [5.41, 5.74) is -0.422. The van der Waals surface area contributed by atoms with Gasteiger partial charge in [0.05, 0.1) is 11.6 Å². The van der Waals surface area contributed by atoms with Crippen molar-refractivity contribution < 1.29 is 37.4 Å². The van der Waals surface area contributed by atoms with Crippen molar-refractivity contribution in [2.24, 2.45) is 5.92 Å². The van der Waals surface area contributed by atoms with Gasteiger partial charge in [-0.05, 0) is 37.1 Å². The Morgan fingerprint density at radius 2 is 1.70 bits per heavy atom. The van der Waals surface area contributed by atoms with Crippen LogP contribution in [0.5, 0.6) is 0 Å². The molecule has 1 aromatic carbocycles. The molecule has 0 aliphatic heterocycles. The predicted molar refractivity (Wildman–Crippen MR) is 101 cm³/mol. The van der Waals surface area contributed by atoms with Gasteiger partial charge in [0, 0.05) is 24.7 Å². The second-order valence-electron chi connectivity index (χ2n) is 7.19. The van der Waals surface area contributed by atoms with E-state index in [0.717, 1.165) is 16.5 Å². The van der Waals surface area contributed by atoms with Gasteiger partial charge in [-0.15, -0.1) is 0 Å². The van der Waals surface area contributed by atoms with E-state index < -0.39 is 23.8 Å². The number of carbonyl (C=O) groups is 2. The second kappa shape index (κ2) is 9.84. The van der Waals surface area contributed by atoms with Crippen molar-refractivity contribution >= 4 is 22.7 Å². The third kappa shape index (κ3) is 6.94. The van der Waals surface area contributed by atoms with Crippen molar-refractivity contribution in [3.63, 3.8) is 0 Å². The fourth-order valence-corrected chi connectivity index (χ4v) is 3.20. The molecule has 3 N–H and O–H groups in total. The molecule has 1 saturated carbocycles. The molecule has 3 rings (SSSR count).